The second-order valence-electron chi connectivity index (χ2n) is 10.6. The molecule has 0 aliphatic heterocycles. The van der Waals surface area contributed by atoms with Crippen molar-refractivity contribution in [3.8, 4) is 0 Å². The number of hydrogen-bond acceptors (Lipinski definition) is 3. The van der Waals surface area contributed by atoms with Gasteiger partial charge in [-0.25, -0.2) is 0 Å². The molecule has 34 heavy (non-hydrogen) atoms. The predicted octanol–water partition coefficient (Wildman–Crippen LogP) is 7.67. The molecular formula is C30H42O3S. The second-order valence-corrected chi connectivity index (χ2v) is 12.3. The van der Waals surface area contributed by atoms with Crippen LogP contribution in [0.2, 0.25) is 0 Å². The molecule has 0 atom stereocenters. The molecule has 0 saturated heterocycles. The van der Waals surface area contributed by atoms with Crippen molar-refractivity contribution in [2.24, 2.45) is 10.8 Å². The maximum absolute atomic E-state index is 12.7. The average Bonchev–Trinajstić information content (AvgIpc) is 2.83. The summed E-state index contributed by atoms with van der Waals surface area (Å²) in [4.78, 5) is 25.4. The molecule has 0 heterocycles. The van der Waals surface area contributed by atoms with Gasteiger partial charge in [0.05, 0.1) is 0 Å². The molecule has 0 spiro atoms. The van der Waals surface area contributed by atoms with Crippen LogP contribution in [0.5, 0.6) is 0 Å². The Kier molecular flexibility index (Phi) is 11.4. The molecule has 3 nitrogen and oxygen atoms in total. The zero-order valence-electron chi connectivity index (χ0n) is 21.5. The van der Waals surface area contributed by atoms with E-state index in [0.29, 0.717) is 0 Å². The van der Waals surface area contributed by atoms with Crippen LogP contribution >= 0.6 is 0 Å². The van der Waals surface area contributed by atoms with Crippen LogP contribution < -0.4 is 0 Å². The van der Waals surface area contributed by atoms with Crippen molar-refractivity contribution in [2.45, 2.75) is 79.1 Å². The largest absolute Gasteiger partial charge is 0.294 e. The Morgan fingerprint density at radius 1 is 0.588 bits per heavy atom. The third-order valence-electron chi connectivity index (χ3n) is 6.65. The molecule has 186 valence electrons. The summed E-state index contributed by atoms with van der Waals surface area (Å²) in [6, 6.07) is 19.0. The highest BCUT2D eigenvalue weighted by atomic mass is 32.2. The minimum Gasteiger partial charge on any atom is -0.294 e. The van der Waals surface area contributed by atoms with Crippen molar-refractivity contribution < 1.29 is 13.8 Å². The zero-order chi connectivity index (χ0) is 25.0. The third kappa shape index (κ3) is 9.29. The van der Waals surface area contributed by atoms with Gasteiger partial charge in [-0.15, -0.1) is 0 Å². The van der Waals surface area contributed by atoms with Gasteiger partial charge in [-0.2, -0.15) is 0 Å². The smallest absolute Gasteiger partial charge is 0.168 e. The van der Waals surface area contributed by atoms with Crippen molar-refractivity contribution in [1.29, 1.82) is 0 Å². The van der Waals surface area contributed by atoms with Crippen molar-refractivity contribution >= 4 is 22.4 Å². The van der Waals surface area contributed by atoms with Crippen molar-refractivity contribution in [2.75, 3.05) is 11.5 Å². The van der Waals surface area contributed by atoms with E-state index in [9.17, 15) is 13.8 Å². The van der Waals surface area contributed by atoms with Crippen molar-refractivity contribution in [3.05, 3.63) is 71.8 Å². The topological polar surface area (TPSA) is 51.2 Å². The van der Waals surface area contributed by atoms with Gasteiger partial charge in [0.15, 0.2) is 11.6 Å². The Morgan fingerprint density at radius 2 is 0.941 bits per heavy atom. The van der Waals surface area contributed by atoms with Crippen LogP contribution in [0.1, 0.15) is 99.8 Å². The van der Waals surface area contributed by atoms with E-state index in [4.69, 9.17) is 0 Å². The highest BCUT2D eigenvalue weighted by Crippen LogP contribution is 2.29. The summed E-state index contributed by atoms with van der Waals surface area (Å²) in [5, 5.41) is 0. The lowest BCUT2D eigenvalue weighted by atomic mass is 9.80. The molecule has 2 rings (SSSR count). The predicted molar refractivity (Wildman–Crippen MR) is 144 cm³/mol. The lowest BCUT2D eigenvalue weighted by Crippen LogP contribution is -2.24. The number of benzene rings is 2. The fraction of sp³-hybridized carbons (Fsp3) is 0.533. The SMILES string of the molecule is CC(C)(CCCCCS(=O)CCCCCC(C)(C)C(=O)c1ccccc1)C(=O)c1ccccc1. The van der Waals surface area contributed by atoms with Crippen molar-refractivity contribution in [3.63, 3.8) is 0 Å². The first-order valence-electron chi connectivity index (χ1n) is 12.7. The van der Waals surface area contributed by atoms with E-state index >= 15 is 0 Å². The Balaban J connectivity index is 1.56. The van der Waals surface area contributed by atoms with Gasteiger partial charge in [-0.1, -0.05) is 114 Å². The van der Waals surface area contributed by atoms with Gasteiger partial charge in [-0.05, 0) is 25.7 Å². The fourth-order valence-electron chi connectivity index (χ4n) is 4.30. The average molecular weight is 483 g/mol. The summed E-state index contributed by atoms with van der Waals surface area (Å²) in [6.45, 7) is 8.09. The van der Waals surface area contributed by atoms with Crippen LogP contribution in [0.25, 0.3) is 0 Å². The molecule has 0 amide bonds. The number of carbonyl (C=O) groups is 2. The van der Waals surface area contributed by atoms with Crippen LogP contribution in [0, 0.1) is 10.8 Å². The van der Waals surface area contributed by atoms with Gasteiger partial charge < -0.3 is 0 Å². The van der Waals surface area contributed by atoms with E-state index in [-0.39, 0.29) is 22.4 Å². The Bertz CT molecular complexity index is 841. The zero-order valence-corrected chi connectivity index (χ0v) is 22.3. The maximum Gasteiger partial charge on any atom is 0.168 e. The minimum absolute atomic E-state index is 0.199. The molecular weight excluding hydrogens is 440 g/mol. The van der Waals surface area contributed by atoms with E-state index in [0.717, 1.165) is 74.0 Å². The number of rotatable bonds is 16. The highest BCUT2D eigenvalue weighted by Gasteiger charge is 2.28. The van der Waals surface area contributed by atoms with Gasteiger partial charge in [0.25, 0.3) is 0 Å². The van der Waals surface area contributed by atoms with Gasteiger partial charge >= 0.3 is 0 Å². The normalized spacial score (nSPS) is 12.1. The number of Topliss-reactive ketones (excluding diaryl/α,β-unsaturated/α-hetero) is 2. The summed E-state index contributed by atoms with van der Waals surface area (Å²) in [5.41, 5.74) is 0.828. The molecule has 2 aromatic carbocycles. The standard InChI is InChI=1S/C30H42O3S/c1-29(2,27(31)25-17-9-5-10-18-25)21-13-7-15-23-34(33)24-16-8-14-22-30(3,4)28(32)26-19-11-6-12-20-26/h5-6,9-12,17-20H,7-8,13-16,21-24H2,1-4H3. The molecule has 0 aromatic heterocycles. The summed E-state index contributed by atoms with van der Waals surface area (Å²) in [6.07, 6.45) is 7.57. The van der Waals surface area contributed by atoms with E-state index in [1.807, 2.05) is 88.4 Å². The highest BCUT2D eigenvalue weighted by molar-refractivity contribution is 7.84. The molecule has 0 bridgehead atoms. The molecule has 2 aromatic rings. The summed E-state index contributed by atoms with van der Waals surface area (Å²) < 4.78 is 12.4. The van der Waals surface area contributed by atoms with Crippen LogP contribution in [0.15, 0.2) is 60.7 Å². The first kappa shape index (κ1) is 28.2. The fourth-order valence-corrected chi connectivity index (χ4v) is 5.56. The minimum atomic E-state index is -0.780. The second kappa shape index (κ2) is 13.7. The molecule has 0 unspecified atom stereocenters. The van der Waals surface area contributed by atoms with E-state index < -0.39 is 10.8 Å². The first-order valence-corrected chi connectivity index (χ1v) is 14.2. The molecule has 0 aliphatic rings. The molecule has 0 aliphatic carbocycles. The van der Waals surface area contributed by atoms with Crippen LogP contribution in [-0.4, -0.2) is 27.3 Å². The van der Waals surface area contributed by atoms with Crippen LogP contribution in [-0.2, 0) is 10.8 Å². The third-order valence-corrected chi connectivity index (χ3v) is 8.14. The molecule has 0 N–H and O–H groups in total. The monoisotopic (exact) mass is 482 g/mol. The number of unbranched alkanes of at least 4 members (excludes halogenated alkanes) is 4. The Morgan fingerprint density at radius 3 is 1.29 bits per heavy atom. The van der Waals surface area contributed by atoms with Crippen molar-refractivity contribution in [1.82, 2.24) is 0 Å². The lowest BCUT2D eigenvalue weighted by Gasteiger charge is -2.23. The Hall–Kier alpha value is -2.07. The van der Waals surface area contributed by atoms with Gasteiger partial charge in [0.1, 0.15) is 0 Å². The van der Waals surface area contributed by atoms with E-state index in [1.165, 1.54) is 0 Å². The maximum atomic E-state index is 12.7. The molecule has 0 fully saturated rings. The van der Waals surface area contributed by atoms with Gasteiger partial charge in [0, 0.05) is 44.3 Å². The number of carbonyl (C=O) groups excluding carboxylic acids is 2. The lowest BCUT2D eigenvalue weighted by molar-refractivity contribution is 0.0817. The quantitative estimate of drug-likeness (QED) is 0.182. The van der Waals surface area contributed by atoms with Gasteiger partial charge in [-0.3, -0.25) is 13.8 Å². The van der Waals surface area contributed by atoms with Crippen LogP contribution in [0.4, 0.5) is 0 Å². The number of ketones is 2. The van der Waals surface area contributed by atoms with Gasteiger partial charge in [0.2, 0.25) is 0 Å². The summed E-state index contributed by atoms with van der Waals surface area (Å²) in [5.74, 6) is 1.88. The van der Waals surface area contributed by atoms with E-state index in [1.54, 1.807) is 0 Å². The number of hydrogen-bond donors (Lipinski definition) is 0. The molecule has 0 saturated carbocycles. The summed E-state index contributed by atoms with van der Waals surface area (Å²) >= 11 is 0. The molecule has 4 heteroatoms. The first-order chi connectivity index (χ1) is 16.1. The van der Waals surface area contributed by atoms with Crippen LogP contribution in [0.3, 0.4) is 0 Å². The summed E-state index contributed by atoms with van der Waals surface area (Å²) in [7, 11) is -0.780. The van der Waals surface area contributed by atoms with E-state index in [2.05, 4.69) is 0 Å². The molecule has 0 radical (unpaired) electrons. The Labute approximate surface area is 209 Å².